The fourth-order valence-corrected chi connectivity index (χ4v) is 5.97. The van der Waals surface area contributed by atoms with Gasteiger partial charge in [-0.3, -0.25) is 4.79 Å². The third-order valence-electron chi connectivity index (χ3n) is 7.49. The van der Waals surface area contributed by atoms with Crippen molar-refractivity contribution in [1.29, 1.82) is 0 Å². The van der Waals surface area contributed by atoms with Gasteiger partial charge in [-0.25, -0.2) is 4.68 Å². The molecule has 2 aromatic carbocycles. The van der Waals surface area contributed by atoms with Crippen molar-refractivity contribution in [2.24, 2.45) is 11.3 Å². The molecule has 3 aromatic rings. The second-order valence-electron chi connectivity index (χ2n) is 9.44. The van der Waals surface area contributed by atoms with Gasteiger partial charge in [0, 0.05) is 28.4 Å². The summed E-state index contributed by atoms with van der Waals surface area (Å²) in [5.74, 6) is 0.754. The third-order valence-corrected chi connectivity index (χ3v) is 7.49. The molecule has 0 bridgehead atoms. The van der Waals surface area contributed by atoms with Crippen molar-refractivity contribution >= 4 is 5.78 Å². The number of aromatic nitrogens is 2. The van der Waals surface area contributed by atoms with Gasteiger partial charge in [0.05, 0.1) is 17.1 Å². The molecule has 0 aliphatic heterocycles. The Labute approximate surface area is 172 Å². The highest BCUT2D eigenvalue weighted by molar-refractivity contribution is 5.86. The van der Waals surface area contributed by atoms with Crippen LogP contribution in [0.15, 0.2) is 60.7 Å². The molecule has 29 heavy (non-hydrogen) atoms. The molecule has 2 aliphatic carbocycles. The summed E-state index contributed by atoms with van der Waals surface area (Å²) in [4.78, 5) is 12.8. The van der Waals surface area contributed by atoms with Crippen LogP contribution in [0.25, 0.3) is 16.9 Å². The summed E-state index contributed by atoms with van der Waals surface area (Å²) in [6.45, 7) is 6.69. The van der Waals surface area contributed by atoms with Crippen LogP contribution in [-0.2, 0) is 16.6 Å². The van der Waals surface area contributed by atoms with E-state index in [0.29, 0.717) is 18.1 Å². The van der Waals surface area contributed by atoms with Gasteiger partial charge in [0.15, 0.2) is 0 Å². The molecule has 0 spiro atoms. The van der Waals surface area contributed by atoms with E-state index in [1.807, 2.05) is 6.07 Å². The molecule has 0 amide bonds. The quantitative estimate of drug-likeness (QED) is 0.564. The Morgan fingerprint density at radius 3 is 2.28 bits per heavy atom. The number of benzene rings is 2. The predicted molar refractivity (Wildman–Crippen MR) is 116 cm³/mol. The molecule has 0 saturated heterocycles. The van der Waals surface area contributed by atoms with Crippen molar-refractivity contribution in [3.63, 3.8) is 0 Å². The van der Waals surface area contributed by atoms with E-state index in [9.17, 15) is 4.79 Å². The molecular formula is C26H28N2O. The smallest absolute Gasteiger partial charge is 0.138 e. The maximum absolute atomic E-state index is 12.8. The van der Waals surface area contributed by atoms with Crippen LogP contribution < -0.4 is 0 Å². The average Bonchev–Trinajstić information content (AvgIpc) is 3.14. The summed E-state index contributed by atoms with van der Waals surface area (Å²) < 4.78 is 2.18. The lowest BCUT2D eigenvalue weighted by atomic mass is 9.51. The van der Waals surface area contributed by atoms with Crippen molar-refractivity contribution in [3.05, 3.63) is 71.9 Å². The molecular weight excluding hydrogens is 356 g/mol. The number of para-hydroxylation sites is 1. The van der Waals surface area contributed by atoms with Gasteiger partial charge in [-0.15, -0.1) is 0 Å². The first kappa shape index (κ1) is 18.4. The molecule has 3 heteroatoms. The van der Waals surface area contributed by atoms with Crippen molar-refractivity contribution in [2.75, 3.05) is 0 Å². The predicted octanol–water partition coefficient (Wildman–Crippen LogP) is 5.75. The van der Waals surface area contributed by atoms with Gasteiger partial charge < -0.3 is 0 Å². The van der Waals surface area contributed by atoms with Gasteiger partial charge in [-0.1, -0.05) is 69.3 Å². The number of ketones is 1. The summed E-state index contributed by atoms with van der Waals surface area (Å²) >= 11 is 0. The first-order valence-corrected chi connectivity index (χ1v) is 10.7. The highest BCUT2D eigenvalue weighted by atomic mass is 16.1. The van der Waals surface area contributed by atoms with Gasteiger partial charge in [-0.2, -0.15) is 5.10 Å². The topological polar surface area (TPSA) is 34.9 Å². The van der Waals surface area contributed by atoms with Crippen molar-refractivity contribution in [2.45, 2.75) is 51.9 Å². The molecule has 148 valence electrons. The molecule has 0 N–H and O–H groups in total. The highest BCUT2D eigenvalue weighted by Gasteiger charge is 2.55. The summed E-state index contributed by atoms with van der Waals surface area (Å²) in [5.41, 5.74) is 5.71. The molecule has 2 atom stereocenters. The first-order valence-electron chi connectivity index (χ1n) is 10.7. The third kappa shape index (κ3) is 2.63. The van der Waals surface area contributed by atoms with Crippen LogP contribution in [-0.4, -0.2) is 15.6 Å². The van der Waals surface area contributed by atoms with Crippen LogP contribution in [0, 0.1) is 11.3 Å². The zero-order valence-electron chi connectivity index (χ0n) is 17.5. The summed E-state index contributed by atoms with van der Waals surface area (Å²) in [7, 11) is 0. The van der Waals surface area contributed by atoms with E-state index in [1.54, 1.807) is 0 Å². The molecule has 1 fully saturated rings. The number of rotatable bonds is 2. The molecule has 1 aromatic heterocycles. The molecule has 2 aliphatic rings. The van der Waals surface area contributed by atoms with E-state index in [-0.39, 0.29) is 10.8 Å². The Morgan fingerprint density at radius 2 is 1.59 bits per heavy atom. The second-order valence-corrected chi connectivity index (χ2v) is 9.44. The van der Waals surface area contributed by atoms with E-state index in [4.69, 9.17) is 5.10 Å². The minimum Gasteiger partial charge on any atom is -0.299 e. The Bertz CT molecular complexity index is 1060. The minimum atomic E-state index is -0.288. The maximum Gasteiger partial charge on any atom is 0.138 e. The summed E-state index contributed by atoms with van der Waals surface area (Å²) in [5, 5.41) is 5.17. The fourth-order valence-electron chi connectivity index (χ4n) is 5.97. The van der Waals surface area contributed by atoms with Crippen molar-refractivity contribution in [3.8, 4) is 16.9 Å². The molecule has 3 nitrogen and oxygen atoms in total. The molecule has 2 unspecified atom stereocenters. The average molecular weight is 385 g/mol. The van der Waals surface area contributed by atoms with E-state index >= 15 is 0 Å². The molecule has 0 radical (unpaired) electrons. The minimum absolute atomic E-state index is 0.0547. The number of hydrogen-bond donors (Lipinski definition) is 0. The van der Waals surface area contributed by atoms with E-state index in [1.165, 1.54) is 16.8 Å². The number of carbonyl (C=O) groups excluding carboxylic acids is 1. The van der Waals surface area contributed by atoms with Gasteiger partial charge in [-0.05, 0) is 37.3 Å². The van der Waals surface area contributed by atoms with Crippen molar-refractivity contribution in [1.82, 2.24) is 9.78 Å². The Balaban J connectivity index is 1.77. The van der Waals surface area contributed by atoms with Gasteiger partial charge in [0.1, 0.15) is 5.78 Å². The van der Waals surface area contributed by atoms with Crippen molar-refractivity contribution < 1.29 is 4.79 Å². The Hall–Kier alpha value is -2.68. The Morgan fingerprint density at radius 1 is 0.931 bits per heavy atom. The number of Topliss-reactive ketones (excluding diaryl/α,β-unsaturated/α-hetero) is 1. The maximum atomic E-state index is 12.8. The van der Waals surface area contributed by atoms with Crippen LogP contribution in [0.3, 0.4) is 0 Å². The van der Waals surface area contributed by atoms with Crippen LogP contribution in [0.4, 0.5) is 0 Å². The first-order chi connectivity index (χ1) is 13.9. The fraction of sp³-hybridized carbons (Fsp3) is 0.385. The monoisotopic (exact) mass is 384 g/mol. The van der Waals surface area contributed by atoms with Crippen LogP contribution in [0.1, 0.15) is 51.3 Å². The van der Waals surface area contributed by atoms with E-state index in [0.717, 1.165) is 30.6 Å². The number of fused-ring (bicyclic) bond motifs is 3. The lowest BCUT2D eigenvalue weighted by molar-refractivity contribution is -0.137. The normalized spacial score (nSPS) is 25.3. The lowest BCUT2D eigenvalue weighted by Gasteiger charge is -2.52. The lowest BCUT2D eigenvalue weighted by Crippen LogP contribution is -2.52. The molecule has 5 rings (SSSR count). The second kappa shape index (κ2) is 6.41. The standard InChI is InChI=1S/C26H28N2O/c1-25(2)21-15-14-20-23(18-10-6-4-7-11-18)27-28(19-12-8-5-9-13-19)24(20)26(21,3)17-16-22(25)29/h4-13,21H,14-17H2,1-3H3. The van der Waals surface area contributed by atoms with Crippen LogP contribution in [0.5, 0.6) is 0 Å². The van der Waals surface area contributed by atoms with Crippen LogP contribution >= 0.6 is 0 Å². The number of nitrogens with zero attached hydrogens (tertiary/aromatic N) is 2. The van der Waals surface area contributed by atoms with E-state index in [2.05, 4.69) is 80.1 Å². The van der Waals surface area contributed by atoms with Crippen LogP contribution in [0.2, 0.25) is 0 Å². The van der Waals surface area contributed by atoms with Gasteiger partial charge in [0.25, 0.3) is 0 Å². The number of hydrogen-bond acceptors (Lipinski definition) is 2. The summed E-state index contributed by atoms with van der Waals surface area (Å²) in [6, 6.07) is 21.0. The van der Waals surface area contributed by atoms with Gasteiger partial charge >= 0.3 is 0 Å². The zero-order valence-corrected chi connectivity index (χ0v) is 17.5. The van der Waals surface area contributed by atoms with Gasteiger partial charge in [0.2, 0.25) is 0 Å². The highest BCUT2D eigenvalue weighted by Crippen LogP contribution is 2.57. The van der Waals surface area contributed by atoms with E-state index < -0.39 is 0 Å². The Kier molecular flexibility index (Phi) is 4.06. The summed E-state index contributed by atoms with van der Waals surface area (Å²) in [6.07, 6.45) is 3.58. The SMILES string of the molecule is CC1(C)C(=O)CCC2(C)c3c(c(-c4ccccc4)nn3-c3ccccc3)CCC12. The zero-order chi connectivity index (χ0) is 20.2. The number of carbonyl (C=O) groups is 1. The molecule has 1 heterocycles. The largest absolute Gasteiger partial charge is 0.299 e. The molecule has 1 saturated carbocycles.